The second-order valence-corrected chi connectivity index (χ2v) is 6.67. The molecule has 0 bridgehead atoms. The largest absolute Gasteiger partial charge is 0.326 e. The molecule has 4 heteroatoms. The summed E-state index contributed by atoms with van der Waals surface area (Å²) in [5.41, 5.74) is 5.16. The first kappa shape index (κ1) is 17.2. The standard InChI is InChI=1S/C21H24N2O2/c1-4-16-7-5-6-8-19(16)22-21(25)17-12-20(24)23(13-17)18-10-9-14(2)15(3)11-18/h5-11,17H,4,12-13H2,1-3H3,(H,22,25)/t17-/m0/s1. The maximum atomic E-state index is 12.6. The first-order chi connectivity index (χ1) is 12.0. The van der Waals surface area contributed by atoms with Crippen molar-refractivity contribution in [1.82, 2.24) is 0 Å². The van der Waals surface area contributed by atoms with Crippen LogP contribution in [0.4, 0.5) is 11.4 Å². The van der Waals surface area contributed by atoms with Crippen molar-refractivity contribution in [3.63, 3.8) is 0 Å². The van der Waals surface area contributed by atoms with E-state index in [9.17, 15) is 9.59 Å². The van der Waals surface area contributed by atoms with Crippen LogP contribution in [0, 0.1) is 19.8 Å². The van der Waals surface area contributed by atoms with Crippen LogP contribution in [0.5, 0.6) is 0 Å². The Labute approximate surface area is 148 Å². The molecule has 3 rings (SSSR count). The third kappa shape index (κ3) is 3.58. The van der Waals surface area contributed by atoms with E-state index < -0.39 is 0 Å². The zero-order chi connectivity index (χ0) is 18.0. The van der Waals surface area contributed by atoms with Crippen LogP contribution in [-0.2, 0) is 16.0 Å². The molecule has 0 unspecified atom stereocenters. The minimum atomic E-state index is -0.320. The minimum absolute atomic E-state index is 0.00665. The Hall–Kier alpha value is -2.62. The average Bonchev–Trinajstić information content (AvgIpc) is 3.00. The molecule has 1 saturated heterocycles. The lowest BCUT2D eigenvalue weighted by atomic mass is 10.1. The number of nitrogens with one attached hydrogen (secondary N) is 1. The van der Waals surface area contributed by atoms with E-state index in [2.05, 4.69) is 12.2 Å². The molecule has 2 aromatic rings. The highest BCUT2D eigenvalue weighted by Crippen LogP contribution is 2.28. The number of rotatable bonds is 4. The summed E-state index contributed by atoms with van der Waals surface area (Å²) in [7, 11) is 0. The lowest BCUT2D eigenvalue weighted by molar-refractivity contribution is -0.122. The molecule has 1 fully saturated rings. The molecule has 1 aliphatic rings. The fourth-order valence-electron chi connectivity index (χ4n) is 3.21. The summed E-state index contributed by atoms with van der Waals surface area (Å²) in [6.07, 6.45) is 1.11. The second-order valence-electron chi connectivity index (χ2n) is 6.67. The molecular weight excluding hydrogens is 312 g/mol. The number of hydrogen-bond donors (Lipinski definition) is 1. The van der Waals surface area contributed by atoms with Gasteiger partial charge in [0.2, 0.25) is 11.8 Å². The Morgan fingerprint density at radius 3 is 2.64 bits per heavy atom. The van der Waals surface area contributed by atoms with Crippen LogP contribution < -0.4 is 10.2 Å². The van der Waals surface area contributed by atoms with Gasteiger partial charge >= 0.3 is 0 Å². The predicted octanol–water partition coefficient (Wildman–Crippen LogP) is 3.86. The van der Waals surface area contributed by atoms with Crippen molar-refractivity contribution in [1.29, 1.82) is 0 Å². The number of aryl methyl sites for hydroxylation is 3. The van der Waals surface area contributed by atoms with E-state index >= 15 is 0 Å². The first-order valence-electron chi connectivity index (χ1n) is 8.76. The SMILES string of the molecule is CCc1ccccc1NC(=O)[C@H]1CC(=O)N(c2ccc(C)c(C)c2)C1. The summed E-state index contributed by atoms with van der Waals surface area (Å²) < 4.78 is 0. The van der Waals surface area contributed by atoms with Gasteiger partial charge in [-0.2, -0.15) is 0 Å². The van der Waals surface area contributed by atoms with Gasteiger partial charge in [-0.1, -0.05) is 31.2 Å². The third-order valence-electron chi connectivity index (χ3n) is 4.95. The Balaban J connectivity index is 1.73. The molecule has 130 valence electrons. The highest BCUT2D eigenvalue weighted by atomic mass is 16.2. The molecule has 2 aromatic carbocycles. The van der Waals surface area contributed by atoms with Crippen LogP contribution in [0.3, 0.4) is 0 Å². The molecule has 0 aliphatic carbocycles. The average molecular weight is 336 g/mol. The monoisotopic (exact) mass is 336 g/mol. The van der Waals surface area contributed by atoms with Crippen LogP contribution in [-0.4, -0.2) is 18.4 Å². The molecule has 1 atom stereocenters. The topological polar surface area (TPSA) is 49.4 Å². The van der Waals surface area contributed by atoms with Gasteiger partial charge in [0.25, 0.3) is 0 Å². The Morgan fingerprint density at radius 1 is 1.16 bits per heavy atom. The number of para-hydroxylation sites is 1. The molecule has 0 saturated carbocycles. The molecule has 1 N–H and O–H groups in total. The van der Waals surface area contributed by atoms with Crippen LogP contribution in [0.15, 0.2) is 42.5 Å². The number of hydrogen-bond acceptors (Lipinski definition) is 2. The number of anilines is 2. The first-order valence-corrected chi connectivity index (χ1v) is 8.76. The van der Waals surface area contributed by atoms with E-state index in [1.165, 1.54) is 5.56 Å². The van der Waals surface area contributed by atoms with Gasteiger partial charge in [0, 0.05) is 24.3 Å². The van der Waals surface area contributed by atoms with Gasteiger partial charge in [0.15, 0.2) is 0 Å². The van der Waals surface area contributed by atoms with Crippen molar-refractivity contribution in [2.24, 2.45) is 5.92 Å². The lowest BCUT2D eigenvalue weighted by Gasteiger charge is -2.18. The molecule has 0 radical (unpaired) electrons. The Kier molecular flexibility index (Phi) is 4.88. The van der Waals surface area contributed by atoms with Crippen molar-refractivity contribution in [2.45, 2.75) is 33.6 Å². The molecule has 25 heavy (non-hydrogen) atoms. The predicted molar refractivity (Wildman–Crippen MR) is 101 cm³/mol. The maximum Gasteiger partial charge on any atom is 0.229 e. The number of carbonyl (C=O) groups is 2. The fourth-order valence-corrected chi connectivity index (χ4v) is 3.21. The van der Waals surface area contributed by atoms with E-state index in [4.69, 9.17) is 0 Å². The van der Waals surface area contributed by atoms with Crippen LogP contribution in [0.25, 0.3) is 0 Å². The Bertz CT molecular complexity index is 813. The highest BCUT2D eigenvalue weighted by molar-refractivity contribution is 6.03. The van der Waals surface area contributed by atoms with E-state index in [0.717, 1.165) is 28.9 Å². The smallest absolute Gasteiger partial charge is 0.229 e. The van der Waals surface area contributed by atoms with Gasteiger partial charge in [0.05, 0.1) is 5.92 Å². The van der Waals surface area contributed by atoms with E-state index in [1.54, 1.807) is 4.90 Å². The summed E-state index contributed by atoms with van der Waals surface area (Å²) >= 11 is 0. The highest BCUT2D eigenvalue weighted by Gasteiger charge is 2.35. The number of benzene rings is 2. The summed E-state index contributed by atoms with van der Waals surface area (Å²) in [6.45, 7) is 6.57. The molecule has 0 aromatic heterocycles. The quantitative estimate of drug-likeness (QED) is 0.922. The van der Waals surface area contributed by atoms with Gasteiger partial charge in [-0.25, -0.2) is 0 Å². The van der Waals surface area contributed by atoms with Crippen LogP contribution in [0.1, 0.15) is 30.0 Å². The van der Waals surface area contributed by atoms with Crippen molar-refractivity contribution >= 4 is 23.2 Å². The van der Waals surface area contributed by atoms with Crippen molar-refractivity contribution in [3.8, 4) is 0 Å². The molecule has 2 amide bonds. The van der Waals surface area contributed by atoms with E-state index in [-0.39, 0.29) is 24.2 Å². The fraction of sp³-hybridized carbons (Fsp3) is 0.333. The van der Waals surface area contributed by atoms with Crippen molar-refractivity contribution < 1.29 is 9.59 Å². The molecule has 1 aliphatic heterocycles. The van der Waals surface area contributed by atoms with Gasteiger partial charge in [0.1, 0.15) is 0 Å². The summed E-state index contributed by atoms with van der Waals surface area (Å²) in [5, 5.41) is 3.00. The van der Waals surface area contributed by atoms with E-state index in [0.29, 0.717) is 6.54 Å². The normalized spacial score (nSPS) is 17.0. The number of amides is 2. The van der Waals surface area contributed by atoms with E-state index in [1.807, 2.05) is 56.3 Å². The van der Waals surface area contributed by atoms with Gasteiger partial charge in [-0.05, 0) is 55.2 Å². The number of nitrogens with zero attached hydrogens (tertiary/aromatic N) is 1. The van der Waals surface area contributed by atoms with Gasteiger partial charge in [-0.3, -0.25) is 9.59 Å². The lowest BCUT2D eigenvalue weighted by Crippen LogP contribution is -2.28. The molecule has 0 spiro atoms. The summed E-state index contributed by atoms with van der Waals surface area (Å²) in [5.74, 6) is -0.396. The minimum Gasteiger partial charge on any atom is -0.326 e. The molecular formula is C21H24N2O2. The van der Waals surface area contributed by atoms with Crippen molar-refractivity contribution in [3.05, 3.63) is 59.2 Å². The maximum absolute atomic E-state index is 12.6. The molecule has 4 nitrogen and oxygen atoms in total. The zero-order valence-electron chi connectivity index (χ0n) is 15.0. The number of carbonyl (C=O) groups excluding carboxylic acids is 2. The second kappa shape index (κ2) is 7.09. The van der Waals surface area contributed by atoms with Gasteiger partial charge < -0.3 is 10.2 Å². The summed E-state index contributed by atoms with van der Waals surface area (Å²) in [4.78, 5) is 26.8. The van der Waals surface area contributed by atoms with Gasteiger partial charge in [-0.15, -0.1) is 0 Å². The van der Waals surface area contributed by atoms with Crippen LogP contribution >= 0.6 is 0 Å². The van der Waals surface area contributed by atoms with Crippen molar-refractivity contribution in [2.75, 3.05) is 16.8 Å². The Morgan fingerprint density at radius 2 is 1.92 bits per heavy atom. The third-order valence-corrected chi connectivity index (χ3v) is 4.95. The van der Waals surface area contributed by atoms with Crippen LogP contribution in [0.2, 0.25) is 0 Å². The molecule has 1 heterocycles. The zero-order valence-corrected chi connectivity index (χ0v) is 15.0. The summed E-state index contributed by atoms with van der Waals surface area (Å²) in [6, 6.07) is 13.8.